The summed E-state index contributed by atoms with van der Waals surface area (Å²) in [6.45, 7) is 3.44. The molecule has 3 rings (SSSR count). The zero-order chi connectivity index (χ0) is 27.0. The van der Waals surface area contributed by atoms with Crippen LogP contribution in [0.5, 0.6) is 5.75 Å². The van der Waals surface area contributed by atoms with Crippen LogP contribution in [0.4, 0.5) is 5.69 Å². The summed E-state index contributed by atoms with van der Waals surface area (Å²) >= 11 is 6.12. The van der Waals surface area contributed by atoms with Crippen molar-refractivity contribution in [1.82, 2.24) is 10.2 Å². The highest BCUT2D eigenvalue weighted by Gasteiger charge is 2.32. The number of anilines is 1. The number of benzene rings is 3. The van der Waals surface area contributed by atoms with Gasteiger partial charge in [-0.25, -0.2) is 8.42 Å². The molecule has 0 aromatic heterocycles. The van der Waals surface area contributed by atoms with Gasteiger partial charge in [-0.15, -0.1) is 0 Å². The van der Waals surface area contributed by atoms with Gasteiger partial charge in [0.25, 0.3) is 10.0 Å². The molecule has 3 aromatic rings. The number of amides is 2. The maximum Gasteiger partial charge on any atom is 0.264 e. The van der Waals surface area contributed by atoms with E-state index < -0.39 is 28.5 Å². The van der Waals surface area contributed by atoms with E-state index in [-0.39, 0.29) is 23.0 Å². The van der Waals surface area contributed by atoms with Crippen molar-refractivity contribution in [3.05, 3.63) is 89.4 Å². The van der Waals surface area contributed by atoms with Crippen molar-refractivity contribution in [2.45, 2.75) is 31.3 Å². The van der Waals surface area contributed by atoms with Gasteiger partial charge in [0.05, 0.1) is 17.2 Å². The molecule has 2 amide bonds. The molecule has 0 spiro atoms. The van der Waals surface area contributed by atoms with Crippen molar-refractivity contribution in [3.63, 3.8) is 0 Å². The third-order valence-corrected chi connectivity index (χ3v) is 7.72. The number of nitrogens with one attached hydrogen (secondary N) is 1. The van der Waals surface area contributed by atoms with E-state index in [2.05, 4.69) is 5.32 Å². The summed E-state index contributed by atoms with van der Waals surface area (Å²) in [7, 11) is -2.64. The van der Waals surface area contributed by atoms with Crippen molar-refractivity contribution in [2.75, 3.05) is 24.5 Å². The first-order valence-corrected chi connectivity index (χ1v) is 13.5. The fraction of sp³-hybridized carbons (Fsp3) is 0.259. The van der Waals surface area contributed by atoms with E-state index in [4.69, 9.17) is 16.3 Å². The van der Waals surface area contributed by atoms with Gasteiger partial charge in [-0.1, -0.05) is 41.9 Å². The fourth-order valence-electron chi connectivity index (χ4n) is 3.75. The number of carbonyl (C=O) groups is 2. The molecule has 37 heavy (non-hydrogen) atoms. The quantitative estimate of drug-likeness (QED) is 0.393. The minimum absolute atomic E-state index is 0.0393. The highest BCUT2D eigenvalue weighted by molar-refractivity contribution is 7.92. The number of nitrogens with zero attached hydrogens (tertiary/aromatic N) is 2. The normalized spacial score (nSPS) is 11.9. The predicted octanol–water partition coefficient (Wildman–Crippen LogP) is 4.10. The molecule has 1 N–H and O–H groups in total. The standard InChI is InChI=1S/C27H30ClN3O5S/c1-4-36-24-15-13-23(14-16-24)31(37(34,35)25-11-6-5-7-12-25)19-26(32)30(20(2)27(33)29-3)18-21-9-8-10-22(28)17-21/h5-17,20H,4,18-19H2,1-3H3,(H,29,33). The lowest BCUT2D eigenvalue weighted by molar-refractivity contribution is -0.139. The maximum atomic E-state index is 13.7. The number of carbonyl (C=O) groups excluding carboxylic acids is 2. The Bertz CT molecular complexity index is 1320. The minimum atomic E-state index is -4.12. The lowest BCUT2D eigenvalue weighted by Gasteiger charge is -2.31. The number of hydrogen-bond donors (Lipinski definition) is 1. The summed E-state index contributed by atoms with van der Waals surface area (Å²) in [4.78, 5) is 27.6. The smallest absolute Gasteiger partial charge is 0.264 e. The summed E-state index contributed by atoms with van der Waals surface area (Å²) in [6.07, 6.45) is 0. The summed E-state index contributed by atoms with van der Waals surface area (Å²) in [6, 6.07) is 20.4. The zero-order valence-corrected chi connectivity index (χ0v) is 22.5. The van der Waals surface area contributed by atoms with E-state index in [1.807, 2.05) is 6.92 Å². The number of ether oxygens (including phenoxy) is 1. The molecule has 1 atom stereocenters. The molecule has 0 aliphatic heterocycles. The zero-order valence-electron chi connectivity index (χ0n) is 20.9. The third kappa shape index (κ3) is 7.02. The van der Waals surface area contributed by atoms with Gasteiger partial charge in [0, 0.05) is 18.6 Å². The van der Waals surface area contributed by atoms with E-state index in [0.717, 1.165) is 4.31 Å². The molecule has 0 bridgehead atoms. The highest BCUT2D eigenvalue weighted by Crippen LogP contribution is 2.26. The number of halogens is 1. The van der Waals surface area contributed by atoms with Crippen LogP contribution in [0.25, 0.3) is 0 Å². The number of rotatable bonds is 11. The van der Waals surface area contributed by atoms with E-state index in [9.17, 15) is 18.0 Å². The van der Waals surface area contributed by atoms with E-state index in [1.54, 1.807) is 73.7 Å². The van der Waals surface area contributed by atoms with Gasteiger partial charge in [-0.3, -0.25) is 13.9 Å². The van der Waals surface area contributed by atoms with Crippen molar-refractivity contribution >= 4 is 39.1 Å². The lowest BCUT2D eigenvalue weighted by atomic mass is 10.1. The molecule has 196 valence electrons. The van der Waals surface area contributed by atoms with Crippen LogP contribution in [0.3, 0.4) is 0 Å². The molecule has 10 heteroatoms. The second kappa shape index (κ2) is 12.6. The Kier molecular flexibility index (Phi) is 9.54. The maximum absolute atomic E-state index is 13.7. The number of hydrogen-bond acceptors (Lipinski definition) is 5. The van der Waals surface area contributed by atoms with Gasteiger partial charge < -0.3 is 15.0 Å². The van der Waals surface area contributed by atoms with Crippen LogP contribution in [-0.2, 0) is 26.2 Å². The molecule has 0 fully saturated rings. The predicted molar refractivity (Wildman–Crippen MR) is 144 cm³/mol. The van der Waals surface area contributed by atoms with Gasteiger partial charge in [-0.2, -0.15) is 0 Å². The Morgan fingerprint density at radius 2 is 1.68 bits per heavy atom. The van der Waals surface area contributed by atoms with Gasteiger partial charge in [0.15, 0.2) is 0 Å². The molecule has 0 aliphatic carbocycles. The van der Waals surface area contributed by atoms with Crippen LogP contribution in [0.15, 0.2) is 83.8 Å². The van der Waals surface area contributed by atoms with E-state index >= 15 is 0 Å². The molecule has 0 radical (unpaired) electrons. The Morgan fingerprint density at radius 3 is 2.27 bits per heavy atom. The summed E-state index contributed by atoms with van der Waals surface area (Å²) in [5.41, 5.74) is 0.992. The summed E-state index contributed by atoms with van der Waals surface area (Å²) in [5, 5.41) is 3.04. The van der Waals surface area contributed by atoms with Crippen LogP contribution < -0.4 is 14.4 Å². The first-order valence-electron chi connectivity index (χ1n) is 11.7. The average molecular weight is 544 g/mol. The van der Waals surface area contributed by atoms with Gasteiger partial charge >= 0.3 is 0 Å². The molecular formula is C27H30ClN3O5S. The monoisotopic (exact) mass is 543 g/mol. The number of sulfonamides is 1. The van der Waals surface area contributed by atoms with Crippen molar-refractivity contribution in [2.24, 2.45) is 0 Å². The van der Waals surface area contributed by atoms with Crippen molar-refractivity contribution in [3.8, 4) is 5.75 Å². The third-order valence-electron chi connectivity index (χ3n) is 5.70. The Morgan fingerprint density at radius 1 is 1.00 bits per heavy atom. The van der Waals surface area contributed by atoms with E-state index in [1.165, 1.54) is 24.1 Å². The Labute approximate surface area is 222 Å². The van der Waals surface area contributed by atoms with Gasteiger partial charge in [0.1, 0.15) is 18.3 Å². The Hall–Kier alpha value is -3.56. The topological polar surface area (TPSA) is 96.0 Å². The first kappa shape index (κ1) is 28.0. The largest absolute Gasteiger partial charge is 0.494 e. The molecule has 0 heterocycles. The van der Waals surface area contributed by atoms with Gasteiger partial charge in [0.2, 0.25) is 11.8 Å². The second-order valence-corrected chi connectivity index (χ2v) is 10.5. The van der Waals surface area contributed by atoms with Crippen molar-refractivity contribution < 1.29 is 22.7 Å². The highest BCUT2D eigenvalue weighted by atomic mass is 35.5. The molecule has 0 saturated carbocycles. The molecule has 0 saturated heterocycles. The van der Waals surface area contributed by atoms with Crippen LogP contribution in [0.1, 0.15) is 19.4 Å². The van der Waals surface area contributed by atoms with Crippen LogP contribution >= 0.6 is 11.6 Å². The van der Waals surface area contributed by atoms with E-state index in [0.29, 0.717) is 22.9 Å². The second-order valence-electron chi connectivity index (χ2n) is 8.19. The molecular weight excluding hydrogens is 514 g/mol. The first-order chi connectivity index (χ1) is 17.7. The average Bonchev–Trinajstić information content (AvgIpc) is 2.90. The Balaban J connectivity index is 2.01. The van der Waals surface area contributed by atoms with Crippen LogP contribution in [0, 0.1) is 0 Å². The minimum Gasteiger partial charge on any atom is -0.494 e. The van der Waals surface area contributed by atoms with Crippen LogP contribution in [-0.4, -0.2) is 51.4 Å². The lowest BCUT2D eigenvalue weighted by Crippen LogP contribution is -2.50. The molecule has 3 aromatic carbocycles. The van der Waals surface area contributed by atoms with Crippen LogP contribution in [0.2, 0.25) is 5.02 Å². The molecule has 0 aliphatic rings. The molecule has 8 nitrogen and oxygen atoms in total. The summed E-state index contributed by atoms with van der Waals surface area (Å²) < 4.78 is 33.9. The van der Waals surface area contributed by atoms with Crippen molar-refractivity contribution in [1.29, 1.82) is 0 Å². The number of likely N-dealkylation sites (N-methyl/N-ethyl adjacent to an activating group) is 1. The SMILES string of the molecule is CCOc1ccc(N(CC(=O)N(Cc2cccc(Cl)c2)C(C)C(=O)NC)S(=O)(=O)c2ccccc2)cc1. The summed E-state index contributed by atoms with van der Waals surface area (Å²) in [5.74, 6) is -0.358. The van der Waals surface area contributed by atoms with Gasteiger partial charge in [-0.05, 0) is 67.9 Å². The molecule has 1 unspecified atom stereocenters. The fourth-order valence-corrected chi connectivity index (χ4v) is 5.40.